The maximum atomic E-state index is 13.1. The molecule has 15 heavy (non-hydrogen) atoms. The van der Waals surface area contributed by atoms with Crippen molar-refractivity contribution in [2.75, 3.05) is 13.7 Å². The van der Waals surface area contributed by atoms with Crippen molar-refractivity contribution in [2.24, 2.45) is 5.73 Å². The Kier molecular flexibility index (Phi) is 2.76. The van der Waals surface area contributed by atoms with Gasteiger partial charge in [-0.05, 0) is 36.1 Å². The van der Waals surface area contributed by atoms with Crippen LogP contribution in [0, 0.1) is 5.82 Å². The van der Waals surface area contributed by atoms with Gasteiger partial charge < -0.3 is 10.5 Å². The van der Waals surface area contributed by atoms with Crippen LogP contribution in [0.4, 0.5) is 4.39 Å². The maximum absolute atomic E-state index is 13.1. The van der Waals surface area contributed by atoms with Gasteiger partial charge in [-0.15, -0.1) is 0 Å². The Labute approximate surface area is 89.2 Å². The first-order valence-electron chi connectivity index (χ1n) is 5.20. The average Bonchev–Trinajstić information content (AvgIpc) is 2.99. The van der Waals surface area contributed by atoms with Crippen LogP contribution in [-0.4, -0.2) is 13.7 Å². The average molecular weight is 209 g/mol. The Morgan fingerprint density at radius 3 is 2.73 bits per heavy atom. The first-order valence-corrected chi connectivity index (χ1v) is 5.20. The van der Waals surface area contributed by atoms with Gasteiger partial charge in [0.1, 0.15) is 5.82 Å². The fraction of sp³-hybridized carbons (Fsp3) is 0.500. The highest BCUT2D eigenvalue weighted by atomic mass is 19.1. The number of rotatable bonds is 4. The summed E-state index contributed by atoms with van der Waals surface area (Å²) in [6.07, 6.45) is 2.21. The summed E-state index contributed by atoms with van der Waals surface area (Å²) >= 11 is 0. The van der Waals surface area contributed by atoms with Crippen LogP contribution in [0.2, 0.25) is 0 Å². The summed E-state index contributed by atoms with van der Waals surface area (Å²) in [5, 5.41) is 0. The third-order valence-electron chi connectivity index (χ3n) is 3.18. The molecule has 2 rings (SSSR count). The Bertz CT molecular complexity index is 361. The molecular weight excluding hydrogens is 193 g/mol. The van der Waals surface area contributed by atoms with Crippen LogP contribution in [0.15, 0.2) is 18.2 Å². The van der Waals surface area contributed by atoms with Crippen molar-refractivity contribution in [1.29, 1.82) is 0 Å². The number of nitrogens with two attached hydrogens (primary N) is 1. The van der Waals surface area contributed by atoms with Gasteiger partial charge in [-0.2, -0.15) is 0 Å². The van der Waals surface area contributed by atoms with Crippen LogP contribution in [0.5, 0.6) is 0 Å². The largest absolute Gasteiger partial charge is 0.380 e. The number of hydrogen-bond acceptors (Lipinski definition) is 2. The third kappa shape index (κ3) is 1.90. The smallest absolute Gasteiger partial charge is 0.123 e. The Morgan fingerprint density at radius 1 is 1.47 bits per heavy atom. The van der Waals surface area contributed by atoms with E-state index in [1.165, 1.54) is 6.07 Å². The van der Waals surface area contributed by atoms with Gasteiger partial charge in [-0.3, -0.25) is 0 Å². The fourth-order valence-electron chi connectivity index (χ4n) is 2.09. The molecule has 3 heteroatoms. The second kappa shape index (κ2) is 3.91. The zero-order chi connectivity index (χ0) is 10.9. The topological polar surface area (TPSA) is 35.2 Å². The molecule has 2 nitrogen and oxygen atoms in total. The van der Waals surface area contributed by atoms with E-state index in [9.17, 15) is 4.39 Å². The molecule has 1 aromatic carbocycles. The number of methoxy groups -OCH3 is 1. The first-order chi connectivity index (χ1) is 7.22. The lowest BCUT2D eigenvalue weighted by Gasteiger charge is -2.17. The summed E-state index contributed by atoms with van der Waals surface area (Å²) in [6.45, 7) is 1.09. The summed E-state index contributed by atoms with van der Waals surface area (Å²) < 4.78 is 18.2. The van der Waals surface area contributed by atoms with E-state index >= 15 is 0 Å². The summed E-state index contributed by atoms with van der Waals surface area (Å²) in [7, 11) is 1.62. The molecule has 0 radical (unpaired) electrons. The molecule has 0 saturated heterocycles. The minimum Gasteiger partial charge on any atom is -0.380 e. The predicted molar refractivity (Wildman–Crippen MR) is 57.1 cm³/mol. The molecule has 1 aliphatic carbocycles. The van der Waals surface area contributed by atoms with Crippen LogP contribution in [0.25, 0.3) is 0 Å². The van der Waals surface area contributed by atoms with E-state index in [0.717, 1.165) is 24.0 Å². The van der Waals surface area contributed by atoms with E-state index in [4.69, 9.17) is 10.5 Å². The van der Waals surface area contributed by atoms with Gasteiger partial charge in [-0.1, -0.05) is 6.07 Å². The summed E-state index contributed by atoms with van der Waals surface area (Å²) in [4.78, 5) is 0. The molecule has 0 bridgehead atoms. The van der Waals surface area contributed by atoms with Crippen molar-refractivity contribution < 1.29 is 9.13 Å². The number of ether oxygens (including phenoxy) is 1. The molecule has 1 aliphatic rings. The van der Waals surface area contributed by atoms with E-state index < -0.39 is 0 Å². The fourth-order valence-corrected chi connectivity index (χ4v) is 2.09. The standard InChI is InChI=1S/C12H16FNO/c1-15-7-9-6-10(13)2-3-11(9)12(8-14)4-5-12/h2-3,6H,4-5,7-8,14H2,1H3. The second-order valence-electron chi connectivity index (χ2n) is 4.22. The van der Waals surface area contributed by atoms with E-state index in [2.05, 4.69) is 0 Å². The number of benzene rings is 1. The van der Waals surface area contributed by atoms with Crippen LogP contribution >= 0.6 is 0 Å². The van der Waals surface area contributed by atoms with Crippen LogP contribution in [-0.2, 0) is 16.8 Å². The van der Waals surface area contributed by atoms with Crippen molar-refractivity contribution in [3.8, 4) is 0 Å². The van der Waals surface area contributed by atoms with Gasteiger partial charge in [0, 0.05) is 19.1 Å². The summed E-state index contributed by atoms with van der Waals surface area (Å²) in [6, 6.07) is 4.91. The van der Waals surface area contributed by atoms with Crippen molar-refractivity contribution in [1.82, 2.24) is 0 Å². The Hall–Kier alpha value is -0.930. The van der Waals surface area contributed by atoms with Gasteiger partial charge in [0.05, 0.1) is 6.61 Å². The lowest BCUT2D eigenvalue weighted by molar-refractivity contribution is 0.183. The normalized spacial score (nSPS) is 17.8. The molecule has 1 aromatic rings. The second-order valence-corrected chi connectivity index (χ2v) is 4.22. The SMILES string of the molecule is COCc1cc(F)ccc1C1(CN)CC1. The minimum atomic E-state index is -0.210. The molecule has 2 N–H and O–H groups in total. The molecule has 1 saturated carbocycles. The molecule has 0 aliphatic heterocycles. The number of hydrogen-bond donors (Lipinski definition) is 1. The monoisotopic (exact) mass is 209 g/mol. The van der Waals surface area contributed by atoms with Crippen molar-refractivity contribution in [3.63, 3.8) is 0 Å². The highest BCUT2D eigenvalue weighted by Gasteiger charge is 2.44. The molecule has 0 unspecified atom stereocenters. The van der Waals surface area contributed by atoms with Crippen molar-refractivity contribution in [3.05, 3.63) is 35.1 Å². The molecular formula is C12H16FNO. The molecule has 1 fully saturated rings. The zero-order valence-corrected chi connectivity index (χ0v) is 8.92. The number of halogens is 1. The Morgan fingerprint density at radius 2 is 2.20 bits per heavy atom. The van der Waals surface area contributed by atoms with Crippen LogP contribution in [0.1, 0.15) is 24.0 Å². The zero-order valence-electron chi connectivity index (χ0n) is 8.92. The lowest BCUT2D eigenvalue weighted by atomic mass is 9.91. The van der Waals surface area contributed by atoms with Gasteiger partial charge >= 0.3 is 0 Å². The van der Waals surface area contributed by atoms with Crippen LogP contribution in [0.3, 0.4) is 0 Å². The van der Waals surface area contributed by atoms with Crippen molar-refractivity contribution >= 4 is 0 Å². The molecule has 0 amide bonds. The highest BCUT2D eigenvalue weighted by Crippen LogP contribution is 2.48. The molecule has 0 heterocycles. The highest BCUT2D eigenvalue weighted by molar-refractivity contribution is 5.39. The van der Waals surface area contributed by atoms with Gasteiger partial charge in [0.2, 0.25) is 0 Å². The lowest BCUT2D eigenvalue weighted by Crippen LogP contribution is -2.21. The predicted octanol–water partition coefficient (Wildman–Crippen LogP) is 1.96. The van der Waals surface area contributed by atoms with E-state index in [-0.39, 0.29) is 11.2 Å². The van der Waals surface area contributed by atoms with Gasteiger partial charge in [-0.25, -0.2) is 4.39 Å². The van der Waals surface area contributed by atoms with E-state index in [0.29, 0.717) is 13.2 Å². The van der Waals surface area contributed by atoms with E-state index in [1.807, 2.05) is 6.07 Å². The maximum Gasteiger partial charge on any atom is 0.123 e. The molecule has 0 spiro atoms. The quantitative estimate of drug-likeness (QED) is 0.822. The summed E-state index contributed by atoms with van der Waals surface area (Å²) in [5.74, 6) is -0.210. The molecule has 0 aromatic heterocycles. The minimum absolute atomic E-state index is 0.0988. The van der Waals surface area contributed by atoms with Gasteiger partial charge in [0.15, 0.2) is 0 Å². The Balaban J connectivity index is 2.37. The van der Waals surface area contributed by atoms with Gasteiger partial charge in [0.25, 0.3) is 0 Å². The van der Waals surface area contributed by atoms with Crippen molar-refractivity contribution in [2.45, 2.75) is 24.9 Å². The molecule has 82 valence electrons. The third-order valence-corrected chi connectivity index (χ3v) is 3.18. The van der Waals surface area contributed by atoms with Crippen LogP contribution < -0.4 is 5.73 Å². The van der Waals surface area contributed by atoms with E-state index in [1.54, 1.807) is 13.2 Å². The summed E-state index contributed by atoms with van der Waals surface area (Å²) in [5.41, 5.74) is 7.96. The first kappa shape index (κ1) is 10.6. The molecule has 0 atom stereocenters.